The molecule has 0 unspecified atom stereocenters. The van der Waals surface area contributed by atoms with Gasteiger partial charge in [0.25, 0.3) is 0 Å². The molecule has 0 radical (unpaired) electrons. The van der Waals surface area contributed by atoms with E-state index < -0.39 is 10.0 Å². The molecule has 6 heteroatoms. The van der Waals surface area contributed by atoms with E-state index in [0.717, 1.165) is 11.1 Å². The van der Waals surface area contributed by atoms with Crippen molar-refractivity contribution in [2.45, 2.75) is 17.3 Å². The predicted molar refractivity (Wildman–Crippen MR) is 84.2 cm³/mol. The van der Waals surface area contributed by atoms with Crippen LogP contribution in [0.1, 0.15) is 11.1 Å². The molecule has 0 fully saturated rings. The molecule has 0 atom stereocenters. The summed E-state index contributed by atoms with van der Waals surface area (Å²) in [7, 11) is -3.54. The van der Waals surface area contributed by atoms with Gasteiger partial charge in [0.05, 0.1) is 4.90 Å². The van der Waals surface area contributed by atoms with Crippen molar-refractivity contribution in [1.29, 1.82) is 0 Å². The van der Waals surface area contributed by atoms with Crippen LogP contribution in [0, 0.1) is 0 Å². The van der Waals surface area contributed by atoms with Gasteiger partial charge in [-0.25, -0.2) is 13.1 Å². The number of halogens is 2. The van der Waals surface area contributed by atoms with Crippen LogP contribution in [-0.2, 0) is 22.4 Å². The minimum Gasteiger partial charge on any atom is -0.207 e. The van der Waals surface area contributed by atoms with E-state index in [1.807, 2.05) is 24.3 Å². The van der Waals surface area contributed by atoms with Crippen LogP contribution in [0.15, 0.2) is 57.9 Å². The molecule has 2 aromatic carbocycles. The Labute approximate surface area is 132 Å². The highest BCUT2D eigenvalue weighted by molar-refractivity contribution is 9.10. The Bertz CT molecular complexity index is 704. The lowest BCUT2D eigenvalue weighted by atomic mass is 10.1. The zero-order valence-corrected chi connectivity index (χ0v) is 13.7. The Morgan fingerprint density at radius 2 is 1.75 bits per heavy atom. The van der Waals surface area contributed by atoms with Gasteiger partial charge in [0.2, 0.25) is 10.0 Å². The fourth-order valence-corrected chi connectivity index (χ4v) is 3.93. The maximum absolute atomic E-state index is 12.2. The lowest BCUT2D eigenvalue weighted by molar-refractivity contribution is 0.581. The Morgan fingerprint density at radius 1 is 1.05 bits per heavy atom. The standard InChI is InChI=1S/C14H13BrClNO2S/c15-13-6-1-2-7-14(13)20(18,19)17-10-12-5-3-4-11(8-12)9-16/h1-8,17H,9-10H2. The van der Waals surface area contributed by atoms with Crippen LogP contribution in [-0.4, -0.2) is 8.42 Å². The van der Waals surface area contributed by atoms with Gasteiger partial charge in [-0.05, 0) is 39.2 Å². The highest BCUT2D eigenvalue weighted by Gasteiger charge is 2.16. The van der Waals surface area contributed by atoms with Gasteiger partial charge in [0.15, 0.2) is 0 Å². The summed E-state index contributed by atoms with van der Waals surface area (Å²) in [4.78, 5) is 0.230. The number of benzene rings is 2. The van der Waals surface area contributed by atoms with E-state index in [9.17, 15) is 8.42 Å². The van der Waals surface area contributed by atoms with E-state index in [2.05, 4.69) is 20.7 Å². The van der Waals surface area contributed by atoms with Crippen molar-refractivity contribution in [2.24, 2.45) is 0 Å². The largest absolute Gasteiger partial charge is 0.241 e. The Hall–Kier alpha value is -0.880. The first-order chi connectivity index (χ1) is 9.53. The second kappa shape index (κ2) is 6.72. The van der Waals surface area contributed by atoms with Crippen molar-refractivity contribution in [3.63, 3.8) is 0 Å². The smallest absolute Gasteiger partial charge is 0.207 e. The van der Waals surface area contributed by atoms with E-state index in [4.69, 9.17) is 11.6 Å². The van der Waals surface area contributed by atoms with Gasteiger partial charge in [-0.1, -0.05) is 36.4 Å². The Kier molecular flexibility index (Phi) is 5.21. The van der Waals surface area contributed by atoms with Crippen LogP contribution in [0.3, 0.4) is 0 Å². The summed E-state index contributed by atoms with van der Waals surface area (Å²) in [5, 5.41) is 0. The molecule has 0 heterocycles. The maximum atomic E-state index is 12.2. The Balaban J connectivity index is 2.15. The van der Waals surface area contributed by atoms with Gasteiger partial charge in [-0.2, -0.15) is 0 Å². The molecule has 0 amide bonds. The molecule has 3 nitrogen and oxygen atoms in total. The molecule has 0 aliphatic carbocycles. The van der Waals surface area contributed by atoms with Crippen molar-refractivity contribution >= 4 is 37.6 Å². The fraction of sp³-hybridized carbons (Fsp3) is 0.143. The molecule has 0 bridgehead atoms. The number of hydrogen-bond donors (Lipinski definition) is 1. The van der Waals surface area contributed by atoms with Crippen molar-refractivity contribution in [3.8, 4) is 0 Å². The fourth-order valence-electron chi connectivity index (χ4n) is 1.74. The monoisotopic (exact) mass is 373 g/mol. The third-order valence-corrected chi connectivity index (χ3v) is 5.46. The SMILES string of the molecule is O=S(=O)(NCc1cccc(CCl)c1)c1ccccc1Br. The summed E-state index contributed by atoms with van der Waals surface area (Å²) in [5.74, 6) is 0.408. The quantitative estimate of drug-likeness (QED) is 0.812. The first kappa shape index (κ1) is 15.5. The van der Waals surface area contributed by atoms with Gasteiger partial charge in [0.1, 0.15) is 0 Å². The second-order valence-corrected chi connectivity index (χ2v) is 7.07. The van der Waals surface area contributed by atoms with E-state index in [0.29, 0.717) is 10.4 Å². The van der Waals surface area contributed by atoms with E-state index in [-0.39, 0.29) is 11.4 Å². The summed E-state index contributed by atoms with van der Waals surface area (Å²) in [5.41, 5.74) is 1.84. The van der Waals surface area contributed by atoms with Crippen LogP contribution in [0.5, 0.6) is 0 Å². The molecular formula is C14H13BrClNO2S. The van der Waals surface area contributed by atoms with Gasteiger partial charge in [-0.15, -0.1) is 11.6 Å². The number of hydrogen-bond acceptors (Lipinski definition) is 2. The molecule has 2 aromatic rings. The molecule has 20 heavy (non-hydrogen) atoms. The molecule has 0 saturated carbocycles. The Morgan fingerprint density at radius 3 is 2.45 bits per heavy atom. The average molecular weight is 375 g/mol. The first-order valence-electron chi connectivity index (χ1n) is 5.91. The molecule has 2 rings (SSSR count). The zero-order valence-electron chi connectivity index (χ0n) is 10.5. The van der Waals surface area contributed by atoms with E-state index in [1.54, 1.807) is 24.3 Å². The van der Waals surface area contributed by atoms with Crippen LogP contribution < -0.4 is 4.72 Å². The summed E-state index contributed by atoms with van der Waals surface area (Å²) in [6, 6.07) is 14.2. The summed E-state index contributed by atoms with van der Waals surface area (Å²) in [6.45, 7) is 0.231. The minimum atomic E-state index is -3.54. The van der Waals surface area contributed by atoms with Crippen molar-refractivity contribution in [2.75, 3.05) is 0 Å². The molecule has 0 spiro atoms. The van der Waals surface area contributed by atoms with Crippen molar-refractivity contribution in [3.05, 3.63) is 64.1 Å². The number of nitrogens with one attached hydrogen (secondary N) is 1. The predicted octanol–water partition coefficient (Wildman–Crippen LogP) is 3.67. The topological polar surface area (TPSA) is 46.2 Å². The summed E-state index contributed by atoms with van der Waals surface area (Å²) < 4.78 is 27.6. The maximum Gasteiger partial charge on any atom is 0.241 e. The highest BCUT2D eigenvalue weighted by atomic mass is 79.9. The normalized spacial score (nSPS) is 11.5. The van der Waals surface area contributed by atoms with Crippen LogP contribution in [0.25, 0.3) is 0 Å². The molecule has 1 N–H and O–H groups in total. The van der Waals surface area contributed by atoms with Gasteiger partial charge < -0.3 is 0 Å². The van der Waals surface area contributed by atoms with Crippen LogP contribution >= 0.6 is 27.5 Å². The average Bonchev–Trinajstić information content (AvgIpc) is 2.46. The first-order valence-corrected chi connectivity index (χ1v) is 8.72. The molecule has 0 saturated heterocycles. The third-order valence-electron chi connectivity index (χ3n) is 2.74. The number of sulfonamides is 1. The van der Waals surface area contributed by atoms with Gasteiger partial charge >= 0.3 is 0 Å². The van der Waals surface area contributed by atoms with Crippen LogP contribution in [0.2, 0.25) is 0 Å². The molecule has 0 aliphatic heterocycles. The minimum absolute atomic E-state index is 0.230. The number of rotatable bonds is 5. The second-order valence-electron chi connectivity index (χ2n) is 4.21. The van der Waals surface area contributed by atoms with Crippen LogP contribution in [0.4, 0.5) is 0 Å². The highest BCUT2D eigenvalue weighted by Crippen LogP contribution is 2.21. The third kappa shape index (κ3) is 3.82. The zero-order chi connectivity index (χ0) is 14.6. The molecule has 0 aliphatic rings. The lowest BCUT2D eigenvalue weighted by Gasteiger charge is -2.09. The van der Waals surface area contributed by atoms with E-state index >= 15 is 0 Å². The molecular weight excluding hydrogens is 362 g/mol. The lowest BCUT2D eigenvalue weighted by Crippen LogP contribution is -2.23. The summed E-state index contributed by atoms with van der Waals surface area (Å²) in [6.07, 6.45) is 0. The van der Waals surface area contributed by atoms with E-state index in [1.165, 1.54) is 0 Å². The van der Waals surface area contributed by atoms with Gasteiger partial charge in [0, 0.05) is 16.9 Å². The molecule has 0 aromatic heterocycles. The summed E-state index contributed by atoms with van der Waals surface area (Å²) >= 11 is 9.01. The number of alkyl halides is 1. The van der Waals surface area contributed by atoms with Gasteiger partial charge in [-0.3, -0.25) is 0 Å². The van der Waals surface area contributed by atoms with Crippen molar-refractivity contribution in [1.82, 2.24) is 4.72 Å². The molecule has 106 valence electrons. The van der Waals surface area contributed by atoms with Crippen molar-refractivity contribution < 1.29 is 8.42 Å².